The molecule has 0 aliphatic carbocycles. The minimum absolute atomic E-state index is 0.0762. The lowest BCUT2D eigenvalue weighted by Gasteiger charge is -2.25. The van der Waals surface area contributed by atoms with E-state index in [-0.39, 0.29) is 25.2 Å². The summed E-state index contributed by atoms with van der Waals surface area (Å²) in [7, 11) is 0. The zero-order chi connectivity index (χ0) is 27.1. The first-order chi connectivity index (χ1) is 16.3. The van der Waals surface area contributed by atoms with E-state index in [4.69, 9.17) is 22.3 Å². The van der Waals surface area contributed by atoms with E-state index in [0.717, 1.165) is 0 Å². The first-order valence-electron chi connectivity index (χ1n) is 11.4. The highest BCUT2D eigenvalue weighted by atomic mass is 16.4. The summed E-state index contributed by atoms with van der Waals surface area (Å²) in [5.74, 6) is -6.16. The molecule has 4 atom stereocenters. The maximum Gasteiger partial charge on any atom is 0.326 e. The van der Waals surface area contributed by atoms with Crippen LogP contribution in [0.5, 0.6) is 0 Å². The molecule has 0 aliphatic rings. The number of rotatable bonds is 18. The number of carbonyl (C=O) groups is 6. The van der Waals surface area contributed by atoms with Gasteiger partial charge in [0.15, 0.2) is 0 Å². The molecule has 0 heterocycles. The fourth-order valence-electron chi connectivity index (χ4n) is 3.10. The molecule has 0 radical (unpaired) electrons. The molecule has 4 unspecified atom stereocenters. The van der Waals surface area contributed by atoms with Crippen molar-refractivity contribution in [2.45, 2.75) is 83.0 Å². The molecule has 0 fully saturated rings. The van der Waals surface area contributed by atoms with Gasteiger partial charge in [0.2, 0.25) is 23.6 Å². The van der Waals surface area contributed by atoms with Gasteiger partial charge in [0.1, 0.15) is 18.1 Å². The number of carboxylic acids is 2. The van der Waals surface area contributed by atoms with Crippen molar-refractivity contribution in [2.75, 3.05) is 6.54 Å². The molecule has 0 saturated heterocycles. The molecule has 0 aromatic carbocycles. The second-order valence-electron chi connectivity index (χ2n) is 8.65. The molecular weight excluding hydrogens is 464 g/mol. The van der Waals surface area contributed by atoms with E-state index in [0.29, 0.717) is 19.4 Å². The summed E-state index contributed by atoms with van der Waals surface area (Å²) in [5, 5.41) is 25.2. The van der Waals surface area contributed by atoms with E-state index in [1.807, 2.05) is 0 Å². The highest BCUT2D eigenvalue weighted by Crippen LogP contribution is 2.08. The Balaban J connectivity index is 5.52. The van der Waals surface area contributed by atoms with Crippen LogP contribution in [0.3, 0.4) is 0 Å². The van der Waals surface area contributed by atoms with Crippen molar-refractivity contribution in [3.63, 3.8) is 0 Å². The van der Waals surface area contributed by atoms with Gasteiger partial charge in [0.05, 0.1) is 12.5 Å². The molecule has 0 rings (SSSR count). The van der Waals surface area contributed by atoms with Crippen LogP contribution in [0.25, 0.3) is 0 Å². The Hall–Kier alpha value is -3.26. The molecule has 200 valence electrons. The number of hydrogen-bond donors (Lipinski definition) is 8. The Morgan fingerprint density at radius 1 is 0.800 bits per heavy atom. The molecule has 11 N–H and O–H groups in total. The molecule has 0 spiro atoms. The number of nitrogens with one attached hydrogen (secondary N) is 3. The fourth-order valence-corrected chi connectivity index (χ4v) is 3.10. The third kappa shape index (κ3) is 13.9. The summed E-state index contributed by atoms with van der Waals surface area (Å²) in [4.78, 5) is 71.9. The molecular formula is C21H38N6O8. The third-order valence-electron chi connectivity index (χ3n) is 4.95. The number of amides is 4. The maximum atomic E-state index is 12.8. The van der Waals surface area contributed by atoms with E-state index in [2.05, 4.69) is 16.0 Å². The number of carbonyl (C=O) groups excluding carboxylic acids is 4. The summed E-state index contributed by atoms with van der Waals surface area (Å²) < 4.78 is 0. The largest absolute Gasteiger partial charge is 0.481 e. The Morgan fingerprint density at radius 3 is 1.83 bits per heavy atom. The molecule has 0 aromatic rings. The number of carboxylic acid groups (broad SMARTS) is 2. The Morgan fingerprint density at radius 2 is 1.34 bits per heavy atom. The lowest BCUT2D eigenvalue weighted by molar-refractivity contribution is -0.143. The van der Waals surface area contributed by atoms with Gasteiger partial charge in [-0.25, -0.2) is 4.79 Å². The van der Waals surface area contributed by atoms with Crippen molar-refractivity contribution < 1.29 is 39.0 Å². The molecule has 14 heteroatoms. The molecule has 0 bridgehead atoms. The van der Waals surface area contributed by atoms with E-state index in [1.165, 1.54) is 0 Å². The van der Waals surface area contributed by atoms with Gasteiger partial charge in [-0.1, -0.05) is 20.3 Å². The van der Waals surface area contributed by atoms with Crippen LogP contribution in [-0.4, -0.2) is 76.5 Å². The number of unbranched alkanes of at least 4 members (excludes halogenated alkanes) is 1. The van der Waals surface area contributed by atoms with Gasteiger partial charge in [-0.05, 0) is 38.1 Å². The van der Waals surface area contributed by atoms with E-state index >= 15 is 0 Å². The lowest BCUT2D eigenvalue weighted by Crippen LogP contribution is -2.57. The quantitative estimate of drug-likeness (QED) is 0.0935. The number of aliphatic carboxylic acids is 2. The maximum absolute atomic E-state index is 12.8. The minimum Gasteiger partial charge on any atom is -0.481 e. The number of hydrogen-bond acceptors (Lipinski definition) is 8. The SMILES string of the molecule is CC(C)CC(NC(=O)C(CCC(=O)O)NC(=O)C(CC(N)=O)NC(=O)C(N)CCCCN)C(=O)O. The summed E-state index contributed by atoms with van der Waals surface area (Å²) >= 11 is 0. The topological polar surface area (TPSA) is 257 Å². The molecule has 14 nitrogen and oxygen atoms in total. The van der Waals surface area contributed by atoms with Crippen molar-refractivity contribution >= 4 is 35.6 Å². The zero-order valence-electron chi connectivity index (χ0n) is 20.1. The number of nitrogens with two attached hydrogens (primary N) is 3. The Labute approximate surface area is 203 Å². The van der Waals surface area contributed by atoms with E-state index in [1.54, 1.807) is 13.8 Å². The predicted molar refractivity (Wildman–Crippen MR) is 124 cm³/mol. The summed E-state index contributed by atoms with van der Waals surface area (Å²) in [6, 6.07) is -5.17. The Bertz CT molecular complexity index is 760. The van der Waals surface area contributed by atoms with E-state index in [9.17, 15) is 33.9 Å². The van der Waals surface area contributed by atoms with Crippen LogP contribution in [0.1, 0.15) is 58.8 Å². The Kier molecular flexibility index (Phi) is 14.9. The molecule has 0 saturated carbocycles. The van der Waals surface area contributed by atoms with Crippen molar-refractivity contribution in [3.8, 4) is 0 Å². The van der Waals surface area contributed by atoms with Crippen LogP contribution in [0.2, 0.25) is 0 Å². The third-order valence-corrected chi connectivity index (χ3v) is 4.95. The molecule has 4 amide bonds. The molecule has 35 heavy (non-hydrogen) atoms. The van der Waals surface area contributed by atoms with Gasteiger partial charge < -0.3 is 43.4 Å². The lowest BCUT2D eigenvalue weighted by atomic mass is 10.0. The second kappa shape index (κ2) is 16.4. The van der Waals surface area contributed by atoms with Crippen LogP contribution in [0, 0.1) is 5.92 Å². The van der Waals surface area contributed by atoms with Gasteiger partial charge in [0.25, 0.3) is 0 Å². The molecule has 0 aromatic heterocycles. The van der Waals surface area contributed by atoms with Crippen LogP contribution >= 0.6 is 0 Å². The smallest absolute Gasteiger partial charge is 0.326 e. The van der Waals surface area contributed by atoms with Gasteiger partial charge in [-0.15, -0.1) is 0 Å². The second-order valence-corrected chi connectivity index (χ2v) is 8.65. The summed E-state index contributed by atoms with van der Waals surface area (Å²) in [5.41, 5.74) is 16.4. The summed E-state index contributed by atoms with van der Waals surface area (Å²) in [6.45, 7) is 3.92. The van der Waals surface area contributed by atoms with Crippen LogP contribution in [0.4, 0.5) is 0 Å². The van der Waals surface area contributed by atoms with Crippen LogP contribution in [-0.2, 0) is 28.8 Å². The predicted octanol–water partition coefficient (Wildman–Crippen LogP) is -2.23. The van der Waals surface area contributed by atoms with Crippen molar-refractivity contribution in [1.29, 1.82) is 0 Å². The summed E-state index contributed by atoms with van der Waals surface area (Å²) in [6.07, 6.45) is 0.103. The minimum atomic E-state index is -1.48. The van der Waals surface area contributed by atoms with Crippen LogP contribution in [0.15, 0.2) is 0 Å². The highest BCUT2D eigenvalue weighted by Gasteiger charge is 2.31. The van der Waals surface area contributed by atoms with Crippen molar-refractivity contribution in [3.05, 3.63) is 0 Å². The standard InChI is InChI=1S/C21H38N6O8/c1-11(2)9-15(21(34)35)27-19(32)13(6-7-17(29)30)25-20(33)14(10-16(24)28)26-18(31)12(23)5-3-4-8-22/h11-15H,3-10,22-23H2,1-2H3,(H2,24,28)(H,25,33)(H,26,31)(H,27,32)(H,29,30)(H,34,35). The monoisotopic (exact) mass is 502 g/mol. The van der Waals surface area contributed by atoms with Crippen LogP contribution < -0.4 is 33.2 Å². The normalized spacial score (nSPS) is 14.3. The van der Waals surface area contributed by atoms with Gasteiger partial charge in [-0.2, -0.15) is 0 Å². The van der Waals surface area contributed by atoms with Crippen molar-refractivity contribution in [2.24, 2.45) is 23.1 Å². The number of primary amides is 1. The molecule has 0 aliphatic heterocycles. The first-order valence-corrected chi connectivity index (χ1v) is 11.4. The van der Waals surface area contributed by atoms with Gasteiger partial charge in [0, 0.05) is 6.42 Å². The fraction of sp³-hybridized carbons (Fsp3) is 0.714. The van der Waals surface area contributed by atoms with E-state index < -0.39 is 72.6 Å². The average molecular weight is 503 g/mol. The van der Waals surface area contributed by atoms with Gasteiger partial charge >= 0.3 is 11.9 Å². The zero-order valence-corrected chi connectivity index (χ0v) is 20.1. The average Bonchev–Trinajstić information content (AvgIpc) is 2.74. The highest BCUT2D eigenvalue weighted by molar-refractivity contribution is 5.96. The first kappa shape index (κ1) is 31.7. The van der Waals surface area contributed by atoms with Gasteiger partial charge in [-0.3, -0.25) is 24.0 Å². The van der Waals surface area contributed by atoms with Crippen molar-refractivity contribution in [1.82, 2.24) is 16.0 Å².